The van der Waals surface area contributed by atoms with E-state index in [2.05, 4.69) is 0 Å². The summed E-state index contributed by atoms with van der Waals surface area (Å²) in [5.41, 5.74) is 0. The number of aliphatic hydroxyl groups excluding tert-OH is 1. The van der Waals surface area contributed by atoms with Gasteiger partial charge in [-0.25, -0.2) is 0 Å². The monoisotopic (exact) mass is 172 g/mol. The predicted octanol–water partition coefficient (Wildman–Crippen LogP) is -1.52. The lowest BCUT2D eigenvalue weighted by Crippen LogP contribution is -2.57. The van der Waals surface area contributed by atoms with E-state index in [0.29, 0.717) is 6.29 Å². The van der Waals surface area contributed by atoms with E-state index < -0.39 is 12.3 Å². The van der Waals surface area contributed by atoms with Crippen LogP contribution in [0.2, 0.25) is 0 Å². The largest absolute Gasteiger partial charge is 0.361 e. The van der Waals surface area contributed by atoms with Crippen LogP contribution < -0.4 is 0 Å². The van der Waals surface area contributed by atoms with Gasteiger partial charge in [-0.05, 0) is 7.05 Å². The number of hydrogen-bond acceptors (Lipinski definition) is 4. The van der Waals surface area contributed by atoms with Crippen LogP contribution in [0, 0.1) is 5.92 Å². The van der Waals surface area contributed by atoms with Gasteiger partial charge in [-0.1, -0.05) is 0 Å². The molecule has 68 valence electrons. The molecule has 1 fully saturated rings. The first-order valence-electron chi connectivity index (χ1n) is 3.68. The van der Waals surface area contributed by atoms with E-state index in [-0.39, 0.29) is 12.5 Å². The van der Waals surface area contributed by atoms with Gasteiger partial charge in [-0.15, -0.1) is 0 Å². The molecule has 5 nitrogen and oxygen atoms in total. The molecule has 0 aromatic heterocycles. The van der Waals surface area contributed by atoms with Crippen LogP contribution in [0.1, 0.15) is 0 Å². The smallest absolute Gasteiger partial charge is 0.236 e. The molecular weight excluding hydrogens is 160 g/mol. The number of carbonyl (C=O) groups is 2. The van der Waals surface area contributed by atoms with Crippen LogP contribution in [0.4, 0.5) is 0 Å². The van der Waals surface area contributed by atoms with Crippen molar-refractivity contribution in [1.29, 1.82) is 0 Å². The minimum Gasteiger partial charge on any atom is -0.361 e. The van der Waals surface area contributed by atoms with Gasteiger partial charge in [0.05, 0.1) is 0 Å². The first-order valence-corrected chi connectivity index (χ1v) is 3.68. The Labute approximate surface area is 70.6 Å². The molecule has 1 aliphatic rings. The third-order valence-electron chi connectivity index (χ3n) is 2.05. The van der Waals surface area contributed by atoms with Gasteiger partial charge in [0.15, 0.2) is 6.35 Å². The Hall–Kier alpha value is -0.940. The molecule has 0 saturated carbocycles. The third-order valence-corrected chi connectivity index (χ3v) is 2.05. The van der Waals surface area contributed by atoms with Crippen LogP contribution in [0.25, 0.3) is 0 Å². The van der Waals surface area contributed by atoms with E-state index in [9.17, 15) is 14.7 Å². The Bertz CT molecular complexity index is 207. The molecular formula is C7H12N2O3. The second kappa shape index (κ2) is 3.20. The lowest BCUT2D eigenvalue weighted by atomic mass is 10.1. The van der Waals surface area contributed by atoms with Crippen molar-refractivity contribution in [1.82, 2.24) is 9.80 Å². The summed E-state index contributed by atoms with van der Waals surface area (Å²) in [6, 6.07) is 0. The minimum absolute atomic E-state index is 0.286. The highest BCUT2D eigenvalue weighted by Crippen LogP contribution is 2.13. The molecule has 0 bridgehead atoms. The van der Waals surface area contributed by atoms with Crippen molar-refractivity contribution in [3.8, 4) is 0 Å². The van der Waals surface area contributed by atoms with Gasteiger partial charge in [-0.3, -0.25) is 9.69 Å². The molecule has 0 aromatic rings. The third kappa shape index (κ3) is 1.33. The Balaban J connectivity index is 2.77. The predicted molar refractivity (Wildman–Crippen MR) is 41.0 cm³/mol. The number of carbonyl (C=O) groups excluding carboxylic acids is 2. The van der Waals surface area contributed by atoms with Crippen molar-refractivity contribution < 1.29 is 14.7 Å². The summed E-state index contributed by atoms with van der Waals surface area (Å²) in [6.45, 7) is 0.286. The molecule has 1 N–H and O–H groups in total. The number of amides is 1. The van der Waals surface area contributed by atoms with Gasteiger partial charge in [0.2, 0.25) is 5.91 Å². The first-order chi connectivity index (χ1) is 5.57. The fourth-order valence-corrected chi connectivity index (χ4v) is 1.25. The Kier molecular flexibility index (Phi) is 2.44. The van der Waals surface area contributed by atoms with Crippen molar-refractivity contribution in [2.24, 2.45) is 5.92 Å². The minimum atomic E-state index is -0.909. The quantitative estimate of drug-likeness (QED) is 0.385. The van der Waals surface area contributed by atoms with Crippen LogP contribution in [-0.2, 0) is 9.59 Å². The van der Waals surface area contributed by atoms with E-state index in [1.807, 2.05) is 0 Å². The Morgan fingerprint density at radius 3 is 2.67 bits per heavy atom. The summed E-state index contributed by atoms with van der Waals surface area (Å²) in [6.07, 6.45) is -0.296. The summed E-state index contributed by atoms with van der Waals surface area (Å²) in [4.78, 5) is 24.3. The summed E-state index contributed by atoms with van der Waals surface area (Å²) >= 11 is 0. The zero-order valence-electron chi connectivity index (χ0n) is 7.10. The van der Waals surface area contributed by atoms with Crippen LogP contribution >= 0.6 is 0 Å². The van der Waals surface area contributed by atoms with Crippen LogP contribution in [-0.4, -0.2) is 54.1 Å². The molecule has 1 aliphatic heterocycles. The molecule has 5 heteroatoms. The lowest BCUT2D eigenvalue weighted by molar-refractivity contribution is -0.171. The van der Waals surface area contributed by atoms with Gasteiger partial charge < -0.3 is 14.8 Å². The topological polar surface area (TPSA) is 60.9 Å². The van der Waals surface area contributed by atoms with Gasteiger partial charge in [0.1, 0.15) is 12.2 Å². The Morgan fingerprint density at radius 2 is 2.17 bits per heavy atom. The molecule has 1 amide bonds. The first kappa shape index (κ1) is 9.15. The maximum atomic E-state index is 11.2. The standard InChI is InChI=1S/C7H12N2O3/c1-8-3-5(4-10)6(11)9(2)7(8)12/h4-5,7,12H,3H2,1-2H3. The molecule has 0 aromatic carbocycles. The van der Waals surface area contributed by atoms with Crippen molar-refractivity contribution in [2.45, 2.75) is 6.35 Å². The normalized spacial score (nSPS) is 32.2. The molecule has 2 atom stereocenters. The van der Waals surface area contributed by atoms with E-state index in [1.54, 1.807) is 11.9 Å². The number of rotatable bonds is 1. The molecule has 2 unspecified atom stereocenters. The Morgan fingerprint density at radius 1 is 1.58 bits per heavy atom. The second-order valence-corrected chi connectivity index (χ2v) is 2.98. The summed E-state index contributed by atoms with van der Waals surface area (Å²) in [5, 5.41) is 9.35. The van der Waals surface area contributed by atoms with E-state index in [4.69, 9.17) is 0 Å². The second-order valence-electron chi connectivity index (χ2n) is 2.98. The molecule has 1 heterocycles. The number of hydrogen-bond donors (Lipinski definition) is 1. The zero-order valence-corrected chi connectivity index (χ0v) is 7.10. The average Bonchev–Trinajstić information content (AvgIpc) is 2.08. The average molecular weight is 172 g/mol. The highest BCUT2D eigenvalue weighted by atomic mass is 16.3. The summed E-state index contributed by atoms with van der Waals surface area (Å²) < 4.78 is 0. The van der Waals surface area contributed by atoms with E-state index >= 15 is 0 Å². The van der Waals surface area contributed by atoms with Gasteiger partial charge in [0, 0.05) is 13.6 Å². The lowest BCUT2D eigenvalue weighted by Gasteiger charge is -2.38. The zero-order chi connectivity index (χ0) is 9.30. The van der Waals surface area contributed by atoms with Crippen molar-refractivity contribution in [3.63, 3.8) is 0 Å². The molecule has 1 saturated heterocycles. The molecule has 0 radical (unpaired) electrons. The molecule has 12 heavy (non-hydrogen) atoms. The van der Waals surface area contributed by atoms with Gasteiger partial charge in [0.25, 0.3) is 0 Å². The number of aldehydes is 1. The molecule has 0 spiro atoms. The molecule has 0 aliphatic carbocycles. The fourth-order valence-electron chi connectivity index (χ4n) is 1.25. The van der Waals surface area contributed by atoms with Crippen molar-refractivity contribution in [2.75, 3.05) is 20.6 Å². The van der Waals surface area contributed by atoms with E-state index in [0.717, 1.165) is 4.90 Å². The maximum Gasteiger partial charge on any atom is 0.236 e. The number of nitrogens with zero attached hydrogens (tertiary/aromatic N) is 2. The fraction of sp³-hybridized carbons (Fsp3) is 0.714. The molecule has 1 rings (SSSR count). The van der Waals surface area contributed by atoms with Gasteiger partial charge >= 0.3 is 0 Å². The van der Waals surface area contributed by atoms with Crippen molar-refractivity contribution >= 4 is 12.2 Å². The van der Waals surface area contributed by atoms with Gasteiger partial charge in [-0.2, -0.15) is 0 Å². The maximum absolute atomic E-state index is 11.2. The van der Waals surface area contributed by atoms with Crippen LogP contribution in [0.15, 0.2) is 0 Å². The van der Waals surface area contributed by atoms with Crippen LogP contribution in [0.3, 0.4) is 0 Å². The SMILES string of the molecule is CN1CC(C=O)C(=O)N(C)C1O. The summed E-state index contributed by atoms with van der Waals surface area (Å²) in [7, 11) is 3.13. The van der Waals surface area contributed by atoms with E-state index in [1.165, 1.54) is 7.05 Å². The highest BCUT2D eigenvalue weighted by molar-refractivity contribution is 5.92. The number of aliphatic hydroxyl groups is 1. The summed E-state index contributed by atoms with van der Waals surface area (Å²) in [5.74, 6) is -0.959. The van der Waals surface area contributed by atoms with Crippen molar-refractivity contribution in [3.05, 3.63) is 0 Å². The van der Waals surface area contributed by atoms with Crippen LogP contribution in [0.5, 0.6) is 0 Å². The highest BCUT2D eigenvalue weighted by Gasteiger charge is 2.34.